The number of thioether (sulfide) groups is 1. The molecule has 4 bridgehead atoms. The number of anilines is 1. The van der Waals surface area contributed by atoms with Gasteiger partial charge >= 0.3 is 0 Å². The Labute approximate surface area is 144 Å². The standard InChI is InChI=1S/C18H21F2NO2S/c19-16(20)24-14-3-1-13(2-4-14)21-15(22)17-6-11-5-12(7-17)9-18(23,8-11)10-17/h1-4,11-12,16,23H,5-10H2,(H,21,22)/t11-,12+,17?,18?. The van der Waals surface area contributed by atoms with Gasteiger partial charge in [0.05, 0.1) is 11.0 Å². The summed E-state index contributed by atoms with van der Waals surface area (Å²) in [6.45, 7) is 0. The van der Waals surface area contributed by atoms with Crippen molar-refractivity contribution in [2.24, 2.45) is 17.3 Å². The van der Waals surface area contributed by atoms with Crippen LogP contribution in [-0.4, -0.2) is 22.4 Å². The summed E-state index contributed by atoms with van der Waals surface area (Å²) in [6.07, 6.45) is 5.07. The summed E-state index contributed by atoms with van der Waals surface area (Å²) in [5.74, 6) is -1.57. The molecule has 4 saturated carbocycles. The van der Waals surface area contributed by atoms with Crippen LogP contribution in [0, 0.1) is 17.3 Å². The number of hydrogen-bond acceptors (Lipinski definition) is 3. The first-order chi connectivity index (χ1) is 11.4. The number of amides is 1. The second kappa shape index (κ2) is 5.70. The highest BCUT2D eigenvalue weighted by molar-refractivity contribution is 7.99. The average molecular weight is 353 g/mol. The molecule has 1 aromatic rings. The number of hydrogen-bond donors (Lipinski definition) is 2. The summed E-state index contributed by atoms with van der Waals surface area (Å²) in [5.41, 5.74) is -0.504. The molecule has 0 spiro atoms. The van der Waals surface area contributed by atoms with E-state index in [1.165, 1.54) is 0 Å². The second-order valence-electron chi connectivity index (χ2n) is 7.82. The molecule has 4 aliphatic carbocycles. The molecule has 0 radical (unpaired) electrons. The molecule has 4 atom stereocenters. The monoisotopic (exact) mass is 353 g/mol. The number of halogens is 2. The summed E-state index contributed by atoms with van der Waals surface area (Å²) in [6, 6.07) is 6.52. The highest BCUT2D eigenvalue weighted by Crippen LogP contribution is 2.61. The molecule has 6 heteroatoms. The topological polar surface area (TPSA) is 49.3 Å². The highest BCUT2D eigenvalue weighted by Gasteiger charge is 2.60. The van der Waals surface area contributed by atoms with E-state index in [0.29, 0.717) is 40.6 Å². The zero-order chi connectivity index (χ0) is 16.9. The average Bonchev–Trinajstić information content (AvgIpc) is 2.46. The molecule has 0 heterocycles. The van der Waals surface area contributed by atoms with Crippen LogP contribution in [0.5, 0.6) is 0 Å². The molecule has 3 nitrogen and oxygen atoms in total. The van der Waals surface area contributed by atoms with E-state index < -0.39 is 16.8 Å². The molecular weight excluding hydrogens is 332 g/mol. The van der Waals surface area contributed by atoms with Gasteiger partial charge in [-0.3, -0.25) is 4.79 Å². The van der Waals surface area contributed by atoms with Crippen LogP contribution in [0.1, 0.15) is 38.5 Å². The van der Waals surface area contributed by atoms with Gasteiger partial charge in [0.15, 0.2) is 0 Å². The predicted molar refractivity (Wildman–Crippen MR) is 89.0 cm³/mol. The number of aliphatic hydroxyl groups is 1. The van der Waals surface area contributed by atoms with E-state index in [1.807, 2.05) is 0 Å². The predicted octanol–water partition coefficient (Wildman–Crippen LogP) is 4.27. The molecule has 0 aromatic heterocycles. The maximum Gasteiger partial charge on any atom is 0.288 e. The third-order valence-electron chi connectivity index (χ3n) is 5.85. The first kappa shape index (κ1) is 16.3. The SMILES string of the molecule is O=C(Nc1ccc(SC(F)F)cc1)C12C[C@@H]3C[C@@H](CC(O)(C3)C1)C2. The lowest BCUT2D eigenvalue weighted by Crippen LogP contribution is -2.59. The summed E-state index contributed by atoms with van der Waals surface area (Å²) in [5, 5.41) is 13.7. The second-order valence-corrected chi connectivity index (χ2v) is 8.89. The van der Waals surface area contributed by atoms with Gasteiger partial charge in [0, 0.05) is 10.6 Å². The zero-order valence-corrected chi connectivity index (χ0v) is 14.1. The van der Waals surface area contributed by atoms with Gasteiger partial charge in [0.2, 0.25) is 5.91 Å². The molecule has 2 unspecified atom stereocenters. The van der Waals surface area contributed by atoms with Gasteiger partial charge in [0.1, 0.15) is 0 Å². The molecule has 24 heavy (non-hydrogen) atoms. The summed E-state index contributed by atoms with van der Waals surface area (Å²) >= 11 is 0.494. The van der Waals surface area contributed by atoms with Crippen molar-refractivity contribution in [3.8, 4) is 0 Å². The Morgan fingerprint density at radius 1 is 1.17 bits per heavy atom. The van der Waals surface area contributed by atoms with Gasteiger partial charge in [-0.2, -0.15) is 8.78 Å². The van der Waals surface area contributed by atoms with Crippen molar-refractivity contribution in [1.82, 2.24) is 0 Å². The molecule has 0 aliphatic heterocycles. The van der Waals surface area contributed by atoms with Crippen LogP contribution in [0.25, 0.3) is 0 Å². The van der Waals surface area contributed by atoms with Gasteiger partial charge in [-0.05, 0) is 74.6 Å². The van der Waals surface area contributed by atoms with E-state index in [-0.39, 0.29) is 5.91 Å². The maximum atomic E-state index is 12.9. The molecule has 1 aromatic carbocycles. The molecule has 2 N–H and O–H groups in total. The molecular formula is C18H21F2NO2S. The normalized spacial score (nSPS) is 37.0. The van der Waals surface area contributed by atoms with Gasteiger partial charge in [-0.15, -0.1) is 0 Å². The van der Waals surface area contributed by atoms with Crippen molar-refractivity contribution >= 4 is 23.4 Å². The van der Waals surface area contributed by atoms with Gasteiger partial charge in [-0.25, -0.2) is 0 Å². The van der Waals surface area contributed by atoms with E-state index in [0.717, 1.165) is 32.1 Å². The molecule has 4 fully saturated rings. The Balaban J connectivity index is 1.48. The van der Waals surface area contributed by atoms with E-state index in [1.54, 1.807) is 24.3 Å². The van der Waals surface area contributed by atoms with Crippen LogP contribution in [0.3, 0.4) is 0 Å². The first-order valence-electron chi connectivity index (χ1n) is 8.45. The third-order valence-corrected chi connectivity index (χ3v) is 6.57. The van der Waals surface area contributed by atoms with Crippen molar-refractivity contribution in [2.75, 3.05) is 5.32 Å². The Hall–Kier alpha value is -1.14. The molecule has 4 aliphatic rings. The fourth-order valence-electron chi connectivity index (χ4n) is 5.46. The number of alkyl halides is 2. The van der Waals surface area contributed by atoms with Gasteiger partial charge in [0.25, 0.3) is 5.76 Å². The van der Waals surface area contributed by atoms with Crippen molar-refractivity contribution in [3.05, 3.63) is 24.3 Å². The van der Waals surface area contributed by atoms with Crippen molar-refractivity contribution < 1.29 is 18.7 Å². The van der Waals surface area contributed by atoms with Gasteiger partial charge < -0.3 is 10.4 Å². The molecule has 130 valence electrons. The molecule has 0 saturated heterocycles. The molecule has 5 rings (SSSR count). The van der Waals surface area contributed by atoms with E-state index in [9.17, 15) is 18.7 Å². The summed E-state index contributed by atoms with van der Waals surface area (Å²) in [7, 11) is 0. The fourth-order valence-corrected chi connectivity index (χ4v) is 5.96. The van der Waals surface area contributed by atoms with Crippen LogP contribution in [-0.2, 0) is 4.79 Å². The summed E-state index contributed by atoms with van der Waals surface area (Å²) < 4.78 is 24.7. The van der Waals surface area contributed by atoms with Crippen molar-refractivity contribution in [3.63, 3.8) is 0 Å². The lowest BCUT2D eigenvalue weighted by Gasteiger charge is -2.59. The number of nitrogens with one attached hydrogen (secondary N) is 1. The Morgan fingerprint density at radius 2 is 1.79 bits per heavy atom. The molecule has 1 amide bonds. The Kier molecular flexibility index (Phi) is 3.88. The first-order valence-corrected chi connectivity index (χ1v) is 9.33. The lowest BCUT2D eigenvalue weighted by atomic mass is 9.47. The smallest absolute Gasteiger partial charge is 0.288 e. The number of rotatable bonds is 4. The quantitative estimate of drug-likeness (QED) is 0.795. The summed E-state index contributed by atoms with van der Waals surface area (Å²) in [4.78, 5) is 13.4. The van der Waals surface area contributed by atoms with Crippen molar-refractivity contribution in [1.29, 1.82) is 0 Å². The third kappa shape index (κ3) is 2.94. The minimum atomic E-state index is -2.45. The van der Waals surface area contributed by atoms with Crippen LogP contribution in [0.15, 0.2) is 29.2 Å². The number of carbonyl (C=O) groups excluding carboxylic acids is 1. The van der Waals surface area contributed by atoms with Crippen LogP contribution >= 0.6 is 11.8 Å². The van der Waals surface area contributed by atoms with E-state index >= 15 is 0 Å². The minimum Gasteiger partial charge on any atom is -0.390 e. The van der Waals surface area contributed by atoms with E-state index in [2.05, 4.69) is 5.32 Å². The van der Waals surface area contributed by atoms with Crippen LogP contribution < -0.4 is 5.32 Å². The van der Waals surface area contributed by atoms with Gasteiger partial charge in [-0.1, -0.05) is 11.8 Å². The maximum absolute atomic E-state index is 12.9. The highest BCUT2D eigenvalue weighted by atomic mass is 32.2. The Bertz CT molecular complexity index is 635. The van der Waals surface area contributed by atoms with Crippen LogP contribution in [0.4, 0.5) is 14.5 Å². The number of carbonyl (C=O) groups is 1. The fraction of sp³-hybridized carbons (Fsp3) is 0.611. The lowest BCUT2D eigenvalue weighted by molar-refractivity contribution is -0.174. The van der Waals surface area contributed by atoms with E-state index in [4.69, 9.17) is 0 Å². The largest absolute Gasteiger partial charge is 0.390 e. The van der Waals surface area contributed by atoms with Crippen molar-refractivity contribution in [2.45, 2.75) is 54.8 Å². The van der Waals surface area contributed by atoms with Crippen LogP contribution in [0.2, 0.25) is 0 Å². The zero-order valence-electron chi connectivity index (χ0n) is 13.3. The number of benzene rings is 1. The minimum absolute atomic E-state index is 0.0238. The Morgan fingerprint density at radius 3 is 2.33 bits per heavy atom.